The normalized spacial score (nSPS) is 14.4. The first-order valence-corrected chi connectivity index (χ1v) is 10.8. The Kier molecular flexibility index (Phi) is 6.59. The van der Waals surface area contributed by atoms with E-state index in [0.29, 0.717) is 5.69 Å². The highest BCUT2D eigenvalue weighted by molar-refractivity contribution is 6.37. The number of anilines is 1. The second kappa shape index (κ2) is 9.61. The second-order valence-corrected chi connectivity index (χ2v) is 8.35. The monoisotopic (exact) mass is 514 g/mol. The number of furan rings is 1. The van der Waals surface area contributed by atoms with Gasteiger partial charge in [-0.3, -0.25) is 19.7 Å². The Hall–Kier alpha value is -4.15. The minimum absolute atomic E-state index is 0.104. The predicted octanol–water partition coefficient (Wildman–Crippen LogP) is 5.00. The van der Waals surface area contributed by atoms with Crippen molar-refractivity contribution < 1.29 is 23.7 Å². The van der Waals surface area contributed by atoms with Crippen molar-refractivity contribution >= 4 is 58.5 Å². The van der Waals surface area contributed by atoms with Gasteiger partial charge in [-0.25, -0.2) is 9.69 Å². The molecule has 12 heteroatoms. The lowest BCUT2D eigenvalue weighted by Crippen LogP contribution is -2.38. The van der Waals surface area contributed by atoms with E-state index < -0.39 is 29.3 Å². The molecule has 178 valence electrons. The van der Waals surface area contributed by atoms with Gasteiger partial charge >= 0.3 is 6.03 Å². The number of hydrogen-bond donors (Lipinski definition) is 2. The Bertz CT molecular complexity index is 1400. The maximum absolute atomic E-state index is 12.7. The first kappa shape index (κ1) is 24.0. The lowest BCUT2D eigenvalue weighted by molar-refractivity contribution is -0.384. The Labute approximate surface area is 208 Å². The van der Waals surface area contributed by atoms with Crippen molar-refractivity contribution in [3.05, 3.63) is 85.7 Å². The number of halogens is 2. The molecule has 35 heavy (non-hydrogen) atoms. The number of nitrogens with one attached hydrogen (secondary N) is 2. The van der Waals surface area contributed by atoms with Gasteiger partial charge in [0.05, 0.1) is 9.95 Å². The molecule has 2 N–H and O–H groups in total. The van der Waals surface area contributed by atoms with E-state index in [1.165, 1.54) is 30.3 Å². The maximum atomic E-state index is 12.7. The number of carbonyl (C=O) groups is 3. The highest BCUT2D eigenvalue weighted by Gasteiger charge is 2.35. The molecule has 3 aromatic rings. The van der Waals surface area contributed by atoms with Crippen molar-refractivity contribution in [2.75, 3.05) is 11.9 Å². The molecule has 0 aliphatic carbocycles. The molecular formula is C23H16Cl2N4O6. The smallest absolute Gasteiger partial charge is 0.329 e. The number of hydrogen-bond acceptors (Lipinski definition) is 6. The molecule has 0 spiro atoms. The quantitative estimate of drug-likeness (QED) is 0.205. The average Bonchev–Trinajstić information content (AvgIpc) is 3.35. The summed E-state index contributed by atoms with van der Waals surface area (Å²) in [6.07, 6.45) is 1.28. The third kappa shape index (κ3) is 5.18. The number of nitro groups is 1. The van der Waals surface area contributed by atoms with Crippen molar-refractivity contribution in [3.63, 3.8) is 0 Å². The van der Waals surface area contributed by atoms with Crippen LogP contribution < -0.4 is 10.6 Å². The van der Waals surface area contributed by atoms with Crippen LogP contribution in [0.5, 0.6) is 0 Å². The summed E-state index contributed by atoms with van der Waals surface area (Å²) in [5, 5.41) is 16.2. The largest absolute Gasteiger partial charge is 0.457 e. The van der Waals surface area contributed by atoms with Crippen LogP contribution in [0.25, 0.3) is 17.4 Å². The number of rotatable bonds is 6. The van der Waals surface area contributed by atoms with Crippen molar-refractivity contribution in [1.29, 1.82) is 0 Å². The van der Waals surface area contributed by atoms with Gasteiger partial charge in [0.2, 0.25) is 5.91 Å². The molecule has 0 unspecified atom stereocenters. The third-order valence-electron chi connectivity index (χ3n) is 5.01. The number of urea groups is 1. The molecule has 2 heterocycles. The Morgan fingerprint density at radius 1 is 1.14 bits per heavy atom. The molecule has 2 aromatic carbocycles. The van der Waals surface area contributed by atoms with E-state index in [-0.39, 0.29) is 38.5 Å². The van der Waals surface area contributed by atoms with Crippen LogP contribution in [-0.4, -0.2) is 34.2 Å². The zero-order valence-electron chi connectivity index (χ0n) is 18.0. The van der Waals surface area contributed by atoms with E-state index in [2.05, 4.69) is 10.6 Å². The molecule has 0 bridgehead atoms. The lowest BCUT2D eigenvalue weighted by Gasteiger charge is -2.12. The highest BCUT2D eigenvalue weighted by Crippen LogP contribution is 2.37. The summed E-state index contributed by atoms with van der Waals surface area (Å²) in [5.74, 6) is -0.902. The first-order valence-electron chi connectivity index (χ1n) is 10.1. The molecule has 1 saturated heterocycles. The maximum Gasteiger partial charge on any atom is 0.329 e. The lowest BCUT2D eigenvalue weighted by atomic mass is 10.1. The van der Waals surface area contributed by atoms with Crippen LogP contribution in [0.2, 0.25) is 10.0 Å². The van der Waals surface area contributed by atoms with Crippen molar-refractivity contribution in [1.82, 2.24) is 10.2 Å². The Morgan fingerprint density at radius 3 is 2.54 bits per heavy atom. The SMILES string of the molecule is Cc1ccc(NC(=O)CN2C(=O)N/C(=C/c3ccc(-c4cc([N+](=O)[O-])c(Cl)cc4Cl)o3)C2=O)cc1. The summed E-state index contributed by atoms with van der Waals surface area (Å²) in [7, 11) is 0. The first-order chi connectivity index (χ1) is 16.6. The van der Waals surface area contributed by atoms with Crippen LogP contribution in [0.4, 0.5) is 16.2 Å². The number of nitrogens with zero attached hydrogens (tertiary/aromatic N) is 2. The molecular weight excluding hydrogens is 499 g/mol. The van der Waals surface area contributed by atoms with E-state index in [4.69, 9.17) is 27.6 Å². The highest BCUT2D eigenvalue weighted by atomic mass is 35.5. The summed E-state index contributed by atoms with van der Waals surface area (Å²) in [6.45, 7) is 1.42. The number of imide groups is 1. The van der Waals surface area contributed by atoms with Gasteiger partial charge in [0, 0.05) is 23.4 Å². The van der Waals surface area contributed by atoms with Crippen molar-refractivity contribution in [2.45, 2.75) is 6.92 Å². The molecule has 0 saturated carbocycles. The van der Waals surface area contributed by atoms with Gasteiger partial charge in [-0.05, 0) is 37.3 Å². The van der Waals surface area contributed by atoms with Crippen LogP contribution in [-0.2, 0) is 9.59 Å². The second-order valence-electron chi connectivity index (χ2n) is 7.54. The fourth-order valence-electron chi connectivity index (χ4n) is 3.28. The molecule has 0 atom stereocenters. The number of nitro benzene ring substituents is 1. The van der Waals surface area contributed by atoms with Gasteiger partial charge in [0.25, 0.3) is 11.6 Å². The van der Waals surface area contributed by atoms with Gasteiger partial charge in [-0.2, -0.15) is 0 Å². The Balaban J connectivity index is 1.49. The standard InChI is InChI=1S/C23H16Cl2N4O6/c1-12-2-4-13(5-3-12)26-21(30)11-28-22(31)18(27-23(28)32)8-14-6-7-20(35-14)15-9-19(29(33)34)17(25)10-16(15)24/h2-10H,11H2,1H3,(H,26,30)(H,27,32)/b18-8+. The van der Waals surface area contributed by atoms with Crippen LogP contribution in [0.1, 0.15) is 11.3 Å². The van der Waals surface area contributed by atoms with Crippen molar-refractivity contribution in [2.24, 2.45) is 0 Å². The number of benzene rings is 2. The zero-order chi connectivity index (χ0) is 25.3. The Morgan fingerprint density at radius 2 is 1.86 bits per heavy atom. The summed E-state index contributed by atoms with van der Waals surface area (Å²) in [5.41, 5.74) is 1.33. The van der Waals surface area contributed by atoms with Crippen LogP contribution in [0.15, 0.2) is 58.6 Å². The molecule has 1 aromatic heterocycles. The molecule has 1 fully saturated rings. The van der Waals surface area contributed by atoms with E-state index in [9.17, 15) is 24.5 Å². The van der Waals surface area contributed by atoms with E-state index in [0.717, 1.165) is 10.5 Å². The van der Waals surface area contributed by atoms with E-state index in [1.807, 2.05) is 19.1 Å². The van der Waals surface area contributed by atoms with Crippen molar-refractivity contribution in [3.8, 4) is 11.3 Å². The summed E-state index contributed by atoms with van der Waals surface area (Å²) in [6, 6.07) is 11.7. The molecule has 1 aliphatic heterocycles. The zero-order valence-corrected chi connectivity index (χ0v) is 19.5. The number of aryl methyl sites for hydroxylation is 1. The van der Waals surface area contributed by atoms with Gasteiger partial charge in [-0.15, -0.1) is 0 Å². The number of amides is 4. The minimum atomic E-state index is -0.761. The van der Waals surface area contributed by atoms with Gasteiger partial charge in [0.1, 0.15) is 28.8 Å². The van der Waals surface area contributed by atoms with Crippen LogP contribution >= 0.6 is 23.2 Å². The van der Waals surface area contributed by atoms with Crippen LogP contribution in [0, 0.1) is 17.0 Å². The molecule has 1 aliphatic rings. The fraction of sp³-hybridized carbons (Fsp3) is 0.0870. The van der Waals surface area contributed by atoms with E-state index in [1.54, 1.807) is 12.1 Å². The molecule has 10 nitrogen and oxygen atoms in total. The van der Waals surface area contributed by atoms with Gasteiger partial charge in [-0.1, -0.05) is 40.9 Å². The average molecular weight is 515 g/mol. The summed E-state index contributed by atoms with van der Waals surface area (Å²) >= 11 is 12.0. The predicted molar refractivity (Wildman–Crippen MR) is 129 cm³/mol. The molecule has 4 amide bonds. The summed E-state index contributed by atoms with van der Waals surface area (Å²) < 4.78 is 5.65. The topological polar surface area (TPSA) is 135 Å². The van der Waals surface area contributed by atoms with Crippen LogP contribution in [0.3, 0.4) is 0 Å². The fourth-order valence-corrected chi connectivity index (χ4v) is 3.83. The number of carbonyl (C=O) groups excluding carboxylic acids is 3. The molecule has 4 rings (SSSR count). The van der Waals surface area contributed by atoms with E-state index >= 15 is 0 Å². The summed E-state index contributed by atoms with van der Waals surface area (Å²) in [4.78, 5) is 48.5. The van der Waals surface area contributed by atoms with Gasteiger partial charge < -0.3 is 15.1 Å². The minimum Gasteiger partial charge on any atom is -0.457 e. The third-order valence-corrected chi connectivity index (χ3v) is 5.63. The molecule has 0 radical (unpaired) electrons. The van der Waals surface area contributed by atoms with Gasteiger partial charge in [0.15, 0.2) is 0 Å².